The number of alkyl halides is 3. The summed E-state index contributed by atoms with van der Waals surface area (Å²) in [5, 5.41) is 2.37. The predicted octanol–water partition coefficient (Wildman–Crippen LogP) is 0.656. The maximum absolute atomic E-state index is 12.5. The van der Waals surface area contributed by atoms with E-state index >= 15 is 0 Å². The molecule has 0 radical (unpaired) electrons. The molecule has 0 aliphatic rings. The Morgan fingerprint density at radius 3 is 2.45 bits per heavy atom. The molecule has 3 N–H and O–H groups in total. The molecule has 20 heavy (non-hydrogen) atoms. The first-order valence-corrected chi connectivity index (χ1v) is 7.36. The minimum absolute atomic E-state index is 0.187. The number of nitrogens with one attached hydrogen (secondary N) is 1. The first-order valence-electron chi connectivity index (χ1n) is 5.30. The predicted molar refractivity (Wildman–Crippen MR) is 66.0 cm³/mol. The van der Waals surface area contributed by atoms with Crippen LogP contribution in [0.1, 0.15) is 16.1 Å². The number of pyridine rings is 1. The van der Waals surface area contributed by atoms with Gasteiger partial charge in [0.2, 0.25) is 0 Å². The third-order valence-corrected chi connectivity index (χ3v) is 3.16. The number of carbonyl (C=O) groups is 1. The van der Waals surface area contributed by atoms with Crippen LogP contribution >= 0.6 is 0 Å². The first kappa shape index (κ1) is 16.2. The van der Waals surface area contributed by atoms with Crippen LogP contribution in [-0.2, 0) is 16.0 Å². The van der Waals surface area contributed by atoms with Gasteiger partial charge in [-0.1, -0.05) is 0 Å². The van der Waals surface area contributed by atoms with Crippen LogP contribution in [0.4, 0.5) is 19.0 Å². The van der Waals surface area contributed by atoms with Crippen molar-refractivity contribution in [3.63, 3.8) is 0 Å². The Morgan fingerprint density at radius 1 is 1.40 bits per heavy atom. The highest BCUT2D eigenvalue weighted by molar-refractivity contribution is 7.90. The van der Waals surface area contributed by atoms with E-state index in [2.05, 4.69) is 10.3 Å². The molecule has 112 valence electrons. The molecule has 1 aromatic heterocycles. The molecule has 0 bridgehead atoms. The zero-order valence-electron chi connectivity index (χ0n) is 10.4. The van der Waals surface area contributed by atoms with Crippen molar-refractivity contribution in [1.29, 1.82) is 0 Å². The maximum atomic E-state index is 12.5. The number of carbonyl (C=O) groups excluding carboxylic acids is 1. The van der Waals surface area contributed by atoms with Crippen molar-refractivity contribution < 1.29 is 26.4 Å². The van der Waals surface area contributed by atoms with Gasteiger partial charge in [-0.25, -0.2) is 13.4 Å². The van der Waals surface area contributed by atoms with Crippen molar-refractivity contribution >= 4 is 21.6 Å². The Balaban J connectivity index is 3.04. The van der Waals surface area contributed by atoms with Crippen LogP contribution in [0.15, 0.2) is 12.1 Å². The van der Waals surface area contributed by atoms with Gasteiger partial charge in [0.1, 0.15) is 21.3 Å². The number of rotatable bonds is 5. The number of nitrogens with zero attached hydrogens (tertiary/aromatic N) is 1. The third kappa shape index (κ3) is 4.68. The molecule has 1 amide bonds. The Hall–Kier alpha value is -1.84. The van der Waals surface area contributed by atoms with E-state index in [1.165, 1.54) is 0 Å². The molecule has 0 saturated carbocycles. The zero-order valence-corrected chi connectivity index (χ0v) is 11.2. The Kier molecular flexibility index (Phi) is 4.58. The summed E-state index contributed by atoms with van der Waals surface area (Å²) in [6.45, 7) is -0.187. The number of aromatic nitrogens is 1. The van der Waals surface area contributed by atoms with Crippen LogP contribution < -0.4 is 11.1 Å². The van der Waals surface area contributed by atoms with Gasteiger partial charge in [0.25, 0.3) is 5.91 Å². The maximum Gasteiger partial charge on any atom is 0.433 e. The summed E-state index contributed by atoms with van der Waals surface area (Å²) < 4.78 is 59.4. The minimum Gasteiger partial charge on any atom is -0.368 e. The zero-order chi connectivity index (χ0) is 15.6. The summed E-state index contributed by atoms with van der Waals surface area (Å²) >= 11 is 0. The lowest BCUT2D eigenvalue weighted by molar-refractivity contribution is -0.141. The van der Waals surface area contributed by atoms with Crippen molar-refractivity contribution in [3.05, 3.63) is 23.4 Å². The molecule has 0 aliphatic heterocycles. The lowest BCUT2D eigenvalue weighted by atomic mass is 10.2. The highest BCUT2D eigenvalue weighted by Crippen LogP contribution is 2.29. The van der Waals surface area contributed by atoms with Crippen molar-refractivity contribution in [1.82, 2.24) is 4.98 Å². The van der Waals surface area contributed by atoms with E-state index < -0.39 is 33.4 Å². The molecule has 0 atom stereocenters. The molecule has 1 rings (SSSR count). The molecule has 0 aromatic carbocycles. The highest BCUT2D eigenvalue weighted by atomic mass is 32.2. The van der Waals surface area contributed by atoms with Crippen LogP contribution in [0.3, 0.4) is 0 Å². The Labute approximate surface area is 113 Å². The van der Waals surface area contributed by atoms with Crippen molar-refractivity contribution in [2.24, 2.45) is 5.73 Å². The van der Waals surface area contributed by atoms with Crippen molar-refractivity contribution in [3.8, 4) is 0 Å². The van der Waals surface area contributed by atoms with Crippen LogP contribution in [0, 0.1) is 0 Å². The van der Waals surface area contributed by atoms with Gasteiger partial charge >= 0.3 is 6.18 Å². The van der Waals surface area contributed by atoms with Gasteiger partial charge in [-0.15, -0.1) is 0 Å². The number of sulfone groups is 1. The fourth-order valence-electron chi connectivity index (χ4n) is 1.31. The van der Waals surface area contributed by atoms with Gasteiger partial charge in [0, 0.05) is 12.8 Å². The molecule has 0 aliphatic carbocycles. The summed E-state index contributed by atoms with van der Waals surface area (Å²) in [6, 6.07) is 1.52. The number of hydrogen-bond donors (Lipinski definition) is 2. The average Bonchev–Trinajstić information content (AvgIpc) is 2.25. The second-order valence-electron chi connectivity index (χ2n) is 4.01. The molecule has 10 heteroatoms. The van der Waals surface area contributed by atoms with Gasteiger partial charge in [-0.3, -0.25) is 4.79 Å². The number of halogens is 3. The highest BCUT2D eigenvalue weighted by Gasteiger charge is 2.33. The number of hydrogen-bond acceptors (Lipinski definition) is 5. The number of primary amides is 1. The van der Waals surface area contributed by atoms with E-state index in [0.29, 0.717) is 6.07 Å². The number of amides is 1. The summed E-state index contributed by atoms with van der Waals surface area (Å²) in [6.07, 6.45) is -3.70. The lowest BCUT2D eigenvalue weighted by Gasteiger charge is -2.12. The second kappa shape index (κ2) is 5.65. The first-order chi connectivity index (χ1) is 9.00. The molecule has 0 unspecified atom stereocenters. The lowest BCUT2D eigenvalue weighted by Crippen LogP contribution is -2.21. The number of anilines is 1. The SMILES string of the molecule is CS(=O)(=O)CCNc1nc(C(F)(F)F)ccc1C(N)=O. The quantitative estimate of drug-likeness (QED) is 0.831. The fraction of sp³-hybridized carbons (Fsp3) is 0.400. The summed E-state index contributed by atoms with van der Waals surface area (Å²) in [5.41, 5.74) is 3.56. The molecule has 0 fully saturated rings. The monoisotopic (exact) mass is 311 g/mol. The van der Waals surface area contributed by atoms with Gasteiger partial charge in [-0.2, -0.15) is 13.2 Å². The number of nitrogens with two attached hydrogens (primary N) is 1. The largest absolute Gasteiger partial charge is 0.433 e. The molecule has 1 aromatic rings. The third-order valence-electron chi connectivity index (χ3n) is 2.22. The topological polar surface area (TPSA) is 102 Å². The van der Waals surface area contributed by atoms with E-state index in [4.69, 9.17) is 5.73 Å². The van der Waals surface area contributed by atoms with Crippen molar-refractivity contribution in [2.75, 3.05) is 23.9 Å². The summed E-state index contributed by atoms with van der Waals surface area (Å²) in [5.74, 6) is -1.67. The van der Waals surface area contributed by atoms with E-state index in [0.717, 1.165) is 12.3 Å². The normalized spacial score (nSPS) is 12.2. The molecular weight excluding hydrogens is 299 g/mol. The van der Waals surface area contributed by atoms with Crippen LogP contribution in [0.5, 0.6) is 0 Å². The van der Waals surface area contributed by atoms with Crippen LogP contribution in [0.2, 0.25) is 0 Å². The standard InChI is InChI=1S/C10H12F3N3O3S/c1-20(18,19)5-4-15-9-6(8(14)17)2-3-7(16-9)10(11,12)13/h2-3H,4-5H2,1H3,(H2,14,17)(H,15,16). The summed E-state index contributed by atoms with van der Waals surface area (Å²) in [7, 11) is -3.29. The smallest absolute Gasteiger partial charge is 0.368 e. The van der Waals surface area contributed by atoms with Gasteiger partial charge in [-0.05, 0) is 12.1 Å². The van der Waals surface area contributed by atoms with Gasteiger partial charge in [0.15, 0.2) is 0 Å². The van der Waals surface area contributed by atoms with Crippen molar-refractivity contribution in [2.45, 2.75) is 6.18 Å². The van der Waals surface area contributed by atoms with E-state index in [1.807, 2.05) is 0 Å². The van der Waals surface area contributed by atoms with Gasteiger partial charge in [0.05, 0.1) is 11.3 Å². The van der Waals surface area contributed by atoms with Crippen LogP contribution in [0.25, 0.3) is 0 Å². The molecule has 6 nitrogen and oxygen atoms in total. The van der Waals surface area contributed by atoms with E-state index in [9.17, 15) is 26.4 Å². The molecule has 0 saturated heterocycles. The average molecular weight is 311 g/mol. The van der Waals surface area contributed by atoms with E-state index in [-0.39, 0.29) is 17.9 Å². The minimum atomic E-state index is -4.68. The molecule has 1 heterocycles. The Bertz CT molecular complexity index is 614. The summed E-state index contributed by atoms with van der Waals surface area (Å²) in [4.78, 5) is 14.3. The van der Waals surface area contributed by atoms with Gasteiger partial charge < -0.3 is 11.1 Å². The molecule has 0 spiro atoms. The Morgan fingerprint density at radius 2 is 2.00 bits per heavy atom. The van der Waals surface area contributed by atoms with Crippen LogP contribution in [-0.4, -0.2) is 37.9 Å². The second-order valence-corrected chi connectivity index (χ2v) is 6.27. The fourth-order valence-corrected chi connectivity index (χ4v) is 1.78. The molecular formula is C10H12F3N3O3S. The van der Waals surface area contributed by atoms with E-state index in [1.54, 1.807) is 0 Å².